The molecule has 1 aromatic rings. The van der Waals surface area contributed by atoms with E-state index in [0.717, 1.165) is 23.3 Å². The van der Waals surface area contributed by atoms with Gasteiger partial charge in [-0.1, -0.05) is 0 Å². The predicted octanol–water partition coefficient (Wildman–Crippen LogP) is 1.63. The van der Waals surface area contributed by atoms with Gasteiger partial charge in [0.25, 0.3) is 0 Å². The summed E-state index contributed by atoms with van der Waals surface area (Å²) in [5.41, 5.74) is -0.489. The fourth-order valence-electron chi connectivity index (χ4n) is 1.84. The molecule has 2 rings (SSSR count). The van der Waals surface area contributed by atoms with E-state index >= 15 is 0 Å². The van der Waals surface area contributed by atoms with Gasteiger partial charge >= 0.3 is 12.2 Å². The van der Waals surface area contributed by atoms with Crippen LogP contribution >= 0.6 is 11.6 Å². The van der Waals surface area contributed by atoms with E-state index in [0.29, 0.717) is 5.56 Å². The summed E-state index contributed by atoms with van der Waals surface area (Å²) in [7, 11) is 2.42. The fraction of sp³-hybridized carbons (Fsp3) is 0.364. The minimum Gasteiger partial charge on any atom is -0.383 e. The maximum absolute atomic E-state index is 12.8. The SMILES string of the molecule is CN/C(=C\N(C)N1C(=O)NCc2cnc(Cl)nc21)C(F)(F)F. The summed E-state index contributed by atoms with van der Waals surface area (Å²) in [6, 6.07) is -0.626. The summed E-state index contributed by atoms with van der Waals surface area (Å²) in [4.78, 5) is 19.7. The number of hydrazine groups is 1. The lowest BCUT2D eigenvalue weighted by molar-refractivity contribution is -0.0971. The Morgan fingerprint density at radius 3 is 2.86 bits per heavy atom. The van der Waals surface area contributed by atoms with Crippen LogP contribution in [0, 0.1) is 0 Å². The zero-order chi connectivity index (χ0) is 16.5. The Balaban J connectivity index is 2.41. The van der Waals surface area contributed by atoms with Gasteiger partial charge in [0, 0.05) is 38.6 Å². The number of nitrogens with one attached hydrogen (secondary N) is 2. The van der Waals surface area contributed by atoms with E-state index in [1.807, 2.05) is 5.32 Å². The average Bonchev–Trinajstić information content (AvgIpc) is 2.42. The number of rotatable bonds is 3. The Kier molecular flexibility index (Phi) is 4.31. The number of halogens is 4. The number of nitrogens with zero attached hydrogens (tertiary/aromatic N) is 4. The summed E-state index contributed by atoms with van der Waals surface area (Å²) in [5.74, 6) is 0.125. The highest BCUT2D eigenvalue weighted by Crippen LogP contribution is 2.27. The van der Waals surface area contributed by atoms with Gasteiger partial charge < -0.3 is 10.6 Å². The molecule has 1 aliphatic rings. The summed E-state index contributed by atoms with van der Waals surface area (Å²) in [5, 5.41) is 6.35. The molecule has 0 bridgehead atoms. The van der Waals surface area contributed by atoms with Gasteiger partial charge in [-0.2, -0.15) is 23.2 Å². The highest BCUT2D eigenvalue weighted by atomic mass is 35.5. The van der Waals surface area contributed by atoms with Crippen molar-refractivity contribution in [2.24, 2.45) is 0 Å². The van der Waals surface area contributed by atoms with Crippen molar-refractivity contribution < 1.29 is 18.0 Å². The molecule has 0 saturated heterocycles. The zero-order valence-corrected chi connectivity index (χ0v) is 12.3. The molecular weight excluding hydrogens is 325 g/mol. The third-order valence-electron chi connectivity index (χ3n) is 2.84. The van der Waals surface area contributed by atoms with E-state index in [1.54, 1.807) is 0 Å². The number of urea groups is 1. The summed E-state index contributed by atoms with van der Waals surface area (Å²) in [6.45, 7) is 0.164. The predicted molar refractivity (Wildman–Crippen MR) is 72.7 cm³/mol. The maximum Gasteiger partial charge on any atom is 0.432 e. The minimum atomic E-state index is -4.58. The van der Waals surface area contributed by atoms with Crippen molar-refractivity contribution in [2.75, 3.05) is 19.1 Å². The summed E-state index contributed by atoms with van der Waals surface area (Å²) < 4.78 is 38.3. The van der Waals surface area contributed by atoms with Crippen LogP contribution in [0.3, 0.4) is 0 Å². The first-order chi connectivity index (χ1) is 10.2. The minimum absolute atomic E-state index is 0.111. The van der Waals surface area contributed by atoms with Gasteiger partial charge in [-0.15, -0.1) is 0 Å². The van der Waals surface area contributed by atoms with E-state index in [1.165, 1.54) is 13.2 Å². The third kappa shape index (κ3) is 3.16. The molecule has 1 aliphatic heterocycles. The maximum atomic E-state index is 12.8. The second-order valence-electron chi connectivity index (χ2n) is 4.32. The normalized spacial score (nSPS) is 15.3. The molecule has 1 aromatic heterocycles. The van der Waals surface area contributed by atoms with Crippen LogP contribution in [-0.4, -0.2) is 41.3 Å². The quantitative estimate of drug-likeness (QED) is 0.821. The number of anilines is 1. The molecule has 0 atom stereocenters. The number of allylic oxidation sites excluding steroid dienone is 1. The number of carbonyl (C=O) groups excluding carboxylic acids is 1. The molecule has 0 fully saturated rings. The number of carbonyl (C=O) groups is 1. The number of hydrogen-bond donors (Lipinski definition) is 2. The standard InChI is InChI=1S/C11H12ClF3N6O/c1-16-7(11(13,14)15)5-20(2)21-8-6(4-18-10(21)22)3-17-9(12)19-8/h3,5,16H,4H2,1-2H3,(H,18,22)/b7-5-. The average molecular weight is 337 g/mol. The molecule has 120 valence electrons. The van der Waals surface area contributed by atoms with Crippen molar-refractivity contribution in [1.82, 2.24) is 25.6 Å². The van der Waals surface area contributed by atoms with Gasteiger partial charge in [-0.05, 0) is 11.6 Å². The summed E-state index contributed by atoms with van der Waals surface area (Å²) >= 11 is 5.69. The van der Waals surface area contributed by atoms with Crippen molar-refractivity contribution in [3.8, 4) is 0 Å². The molecule has 0 saturated carbocycles. The Morgan fingerprint density at radius 1 is 1.59 bits per heavy atom. The second-order valence-corrected chi connectivity index (χ2v) is 4.66. The number of fused-ring (bicyclic) bond motifs is 1. The highest BCUT2D eigenvalue weighted by Gasteiger charge is 2.35. The molecule has 22 heavy (non-hydrogen) atoms. The van der Waals surface area contributed by atoms with Crippen LogP contribution in [0.15, 0.2) is 18.1 Å². The van der Waals surface area contributed by atoms with E-state index in [9.17, 15) is 18.0 Å². The molecule has 2 heterocycles. The third-order valence-corrected chi connectivity index (χ3v) is 3.02. The van der Waals surface area contributed by atoms with E-state index in [-0.39, 0.29) is 17.6 Å². The topological polar surface area (TPSA) is 73.4 Å². The van der Waals surface area contributed by atoms with Crippen molar-refractivity contribution in [1.29, 1.82) is 0 Å². The molecular formula is C11H12ClF3N6O. The first-order valence-corrected chi connectivity index (χ1v) is 6.40. The number of amides is 2. The van der Waals surface area contributed by atoms with Crippen LogP contribution in [-0.2, 0) is 6.54 Å². The van der Waals surface area contributed by atoms with Crippen LogP contribution in [0.1, 0.15) is 5.56 Å². The van der Waals surface area contributed by atoms with Crippen molar-refractivity contribution in [2.45, 2.75) is 12.7 Å². The van der Waals surface area contributed by atoms with Crippen LogP contribution in [0.25, 0.3) is 0 Å². The Labute approximate surface area is 128 Å². The van der Waals surface area contributed by atoms with Gasteiger partial charge in [0.05, 0.1) is 0 Å². The molecule has 0 radical (unpaired) electrons. The van der Waals surface area contributed by atoms with Crippen molar-refractivity contribution >= 4 is 23.4 Å². The smallest absolute Gasteiger partial charge is 0.383 e. The number of alkyl halides is 3. The van der Waals surface area contributed by atoms with Gasteiger partial charge in [0.1, 0.15) is 5.70 Å². The van der Waals surface area contributed by atoms with E-state index in [2.05, 4.69) is 15.3 Å². The number of hydrogen-bond acceptors (Lipinski definition) is 5. The molecule has 0 spiro atoms. The van der Waals surface area contributed by atoms with Gasteiger partial charge in [0.15, 0.2) is 5.82 Å². The van der Waals surface area contributed by atoms with Crippen LogP contribution in [0.5, 0.6) is 0 Å². The zero-order valence-electron chi connectivity index (χ0n) is 11.6. The second kappa shape index (κ2) is 5.87. The monoisotopic (exact) mass is 336 g/mol. The lowest BCUT2D eigenvalue weighted by Gasteiger charge is -2.34. The van der Waals surface area contributed by atoms with E-state index in [4.69, 9.17) is 11.6 Å². The summed E-state index contributed by atoms with van der Waals surface area (Å²) in [6.07, 6.45) is -2.44. The molecule has 11 heteroatoms. The lowest BCUT2D eigenvalue weighted by Crippen LogP contribution is -2.51. The lowest BCUT2D eigenvalue weighted by atomic mass is 10.2. The fourth-order valence-corrected chi connectivity index (χ4v) is 1.97. The largest absolute Gasteiger partial charge is 0.432 e. The highest BCUT2D eigenvalue weighted by molar-refractivity contribution is 6.28. The van der Waals surface area contributed by atoms with Crippen LogP contribution < -0.4 is 15.6 Å². The van der Waals surface area contributed by atoms with Gasteiger partial charge in [-0.3, -0.25) is 5.01 Å². The molecule has 7 nitrogen and oxygen atoms in total. The first kappa shape index (κ1) is 16.1. The molecule has 0 aliphatic carbocycles. The molecule has 2 amide bonds. The van der Waals surface area contributed by atoms with Crippen LogP contribution in [0.4, 0.5) is 23.8 Å². The number of aromatic nitrogens is 2. The van der Waals surface area contributed by atoms with E-state index < -0.39 is 17.9 Å². The van der Waals surface area contributed by atoms with Gasteiger partial charge in [0.2, 0.25) is 5.28 Å². The van der Waals surface area contributed by atoms with Gasteiger partial charge in [-0.25, -0.2) is 9.78 Å². The Bertz CT molecular complexity index is 620. The molecule has 0 unspecified atom stereocenters. The Hall–Kier alpha value is -2.23. The van der Waals surface area contributed by atoms with Crippen molar-refractivity contribution in [3.05, 3.63) is 28.9 Å². The van der Waals surface area contributed by atoms with Crippen LogP contribution in [0.2, 0.25) is 5.28 Å². The molecule has 2 N–H and O–H groups in total. The molecule has 0 aromatic carbocycles. The van der Waals surface area contributed by atoms with Crippen molar-refractivity contribution in [3.63, 3.8) is 0 Å². The Morgan fingerprint density at radius 2 is 2.27 bits per heavy atom. The first-order valence-electron chi connectivity index (χ1n) is 6.03.